The van der Waals surface area contributed by atoms with Gasteiger partial charge in [0.05, 0.1) is 5.56 Å². The van der Waals surface area contributed by atoms with Crippen LogP contribution in [0.5, 0.6) is 0 Å². The van der Waals surface area contributed by atoms with Crippen molar-refractivity contribution in [2.24, 2.45) is 0 Å². The van der Waals surface area contributed by atoms with Gasteiger partial charge in [0, 0.05) is 5.69 Å². The molecule has 152 valence electrons. The fourth-order valence-electron chi connectivity index (χ4n) is 2.66. The number of anilines is 1. The molecule has 0 fully saturated rings. The molecule has 0 saturated heterocycles. The van der Waals surface area contributed by atoms with Crippen LogP contribution in [0.2, 0.25) is 0 Å². The van der Waals surface area contributed by atoms with E-state index in [-0.39, 0.29) is 5.56 Å². The Morgan fingerprint density at radius 2 is 1.43 bits per heavy atom. The summed E-state index contributed by atoms with van der Waals surface area (Å²) in [6.45, 7) is -0.985. The Morgan fingerprint density at radius 1 is 0.800 bits per heavy atom. The first-order chi connectivity index (χ1) is 14.5. The molecule has 2 N–H and O–H groups in total. The maximum Gasteiger partial charge on any atom is 0.325 e. The van der Waals surface area contributed by atoms with E-state index in [4.69, 9.17) is 4.74 Å². The normalized spacial score (nSPS) is 10.2. The molecule has 0 spiro atoms. The second-order valence-electron chi connectivity index (χ2n) is 6.31. The zero-order chi connectivity index (χ0) is 21.3. The summed E-state index contributed by atoms with van der Waals surface area (Å²) < 4.78 is 18.3. The van der Waals surface area contributed by atoms with Gasteiger partial charge < -0.3 is 15.4 Å². The molecular formula is C23H19FN2O4. The average Bonchev–Trinajstić information content (AvgIpc) is 2.77. The standard InChI is InChI=1S/C23H19FN2O4/c24-20-9-5-4-8-19(20)23(29)25-14-22(28)30-15-21(27)26-18-12-10-17(11-13-18)16-6-2-1-3-7-16/h1-13H,14-15H2,(H,25,29)(H,26,27). The third-order valence-electron chi connectivity index (χ3n) is 4.15. The van der Waals surface area contributed by atoms with Crippen molar-refractivity contribution >= 4 is 23.5 Å². The van der Waals surface area contributed by atoms with Crippen LogP contribution in [0.25, 0.3) is 11.1 Å². The fourth-order valence-corrected chi connectivity index (χ4v) is 2.66. The van der Waals surface area contributed by atoms with E-state index in [1.165, 1.54) is 18.2 Å². The van der Waals surface area contributed by atoms with Crippen molar-refractivity contribution in [3.05, 3.63) is 90.2 Å². The summed E-state index contributed by atoms with van der Waals surface area (Å²) in [5, 5.41) is 4.87. The lowest BCUT2D eigenvalue weighted by atomic mass is 10.1. The molecule has 30 heavy (non-hydrogen) atoms. The average molecular weight is 406 g/mol. The van der Waals surface area contributed by atoms with Crippen LogP contribution < -0.4 is 10.6 Å². The summed E-state index contributed by atoms with van der Waals surface area (Å²) in [6, 6.07) is 22.4. The number of hydrogen-bond donors (Lipinski definition) is 2. The lowest BCUT2D eigenvalue weighted by Gasteiger charge is -2.09. The van der Waals surface area contributed by atoms with Crippen molar-refractivity contribution in [1.29, 1.82) is 0 Å². The number of benzene rings is 3. The molecule has 0 aromatic heterocycles. The lowest BCUT2D eigenvalue weighted by Crippen LogP contribution is -2.32. The van der Waals surface area contributed by atoms with E-state index in [9.17, 15) is 18.8 Å². The highest BCUT2D eigenvalue weighted by molar-refractivity contribution is 5.96. The molecule has 2 amide bonds. The Hall–Kier alpha value is -4.00. The maximum absolute atomic E-state index is 13.5. The summed E-state index contributed by atoms with van der Waals surface area (Å²) in [6.07, 6.45) is 0. The Labute approximate surface area is 172 Å². The number of rotatable bonds is 7. The van der Waals surface area contributed by atoms with Crippen LogP contribution in [0.3, 0.4) is 0 Å². The molecule has 0 unspecified atom stereocenters. The quantitative estimate of drug-likeness (QED) is 0.589. The summed E-state index contributed by atoms with van der Waals surface area (Å²) in [5.41, 5.74) is 2.44. The molecule has 6 nitrogen and oxygen atoms in total. The predicted octanol–water partition coefficient (Wildman–Crippen LogP) is 3.40. The molecule has 3 rings (SSSR count). The highest BCUT2D eigenvalue weighted by Gasteiger charge is 2.13. The van der Waals surface area contributed by atoms with Gasteiger partial charge in [-0.05, 0) is 35.4 Å². The predicted molar refractivity (Wildman–Crippen MR) is 110 cm³/mol. The number of hydrogen-bond acceptors (Lipinski definition) is 4. The van der Waals surface area contributed by atoms with Crippen LogP contribution in [0.1, 0.15) is 10.4 Å². The molecular weight excluding hydrogens is 387 g/mol. The third-order valence-corrected chi connectivity index (χ3v) is 4.15. The highest BCUT2D eigenvalue weighted by Crippen LogP contribution is 2.20. The molecule has 0 aliphatic carbocycles. The second kappa shape index (κ2) is 9.97. The van der Waals surface area contributed by atoms with Crippen LogP contribution >= 0.6 is 0 Å². The number of esters is 1. The van der Waals surface area contributed by atoms with Gasteiger partial charge in [0.15, 0.2) is 6.61 Å². The maximum atomic E-state index is 13.5. The van der Waals surface area contributed by atoms with E-state index < -0.39 is 36.8 Å². The van der Waals surface area contributed by atoms with Crippen LogP contribution in [-0.4, -0.2) is 30.9 Å². The first kappa shape index (κ1) is 20.7. The first-order valence-corrected chi connectivity index (χ1v) is 9.16. The number of nitrogens with one attached hydrogen (secondary N) is 2. The molecule has 3 aromatic carbocycles. The van der Waals surface area contributed by atoms with E-state index in [1.807, 2.05) is 42.5 Å². The van der Waals surface area contributed by atoms with Crippen molar-refractivity contribution in [1.82, 2.24) is 5.32 Å². The summed E-state index contributed by atoms with van der Waals surface area (Å²) in [5.74, 6) is -2.76. The Bertz CT molecular complexity index is 1040. The van der Waals surface area contributed by atoms with Gasteiger partial charge >= 0.3 is 5.97 Å². The Morgan fingerprint density at radius 3 is 2.13 bits per heavy atom. The number of amides is 2. The van der Waals surface area contributed by atoms with Crippen molar-refractivity contribution < 1.29 is 23.5 Å². The van der Waals surface area contributed by atoms with Gasteiger partial charge in [-0.25, -0.2) is 4.39 Å². The summed E-state index contributed by atoms with van der Waals surface area (Å²) >= 11 is 0. The van der Waals surface area contributed by atoms with Crippen molar-refractivity contribution in [3.8, 4) is 11.1 Å². The van der Waals surface area contributed by atoms with Gasteiger partial charge in [0.25, 0.3) is 11.8 Å². The van der Waals surface area contributed by atoms with Gasteiger partial charge in [-0.15, -0.1) is 0 Å². The van der Waals surface area contributed by atoms with E-state index >= 15 is 0 Å². The van der Waals surface area contributed by atoms with E-state index in [1.54, 1.807) is 12.1 Å². The summed E-state index contributed by atoms with van der Waals surface area (Å²) in [7, 11) is 0. The SMILES string of the molecule is O=C(COC(=O)CNC(=O)c1ccccc1F)Nc1ccc(-c2ccccc2)cc1. The Balaban J connectivity index is 1.42. The molecule has 0 saturated carbocycles. The van der Waals surface area contributed by atoms with Gasteiger partial charge in [0.2, 0.25) is 0 Å². The second-order valence-corrected chi connectivity index (χ2v) is 6.31. The highest BCUT2D eigenvalue weighted by atomic mass is 19.1. The summed E-state index contributed by atoms with van der Waals surface area (Å²) in [4.78, 5) is 35.5. The molecule has 0 radical (unpaired) electrons. The number of carbonyl (C=O) groups excluding carboxylic acids is 3. The van der Waals surface area contributed by atoms with Crippen molar-refractivity contribution in [2.75, 3.05) is 18.5 Å². The van der Waals surface area contributed by atoms with Gasteiger partial charge in [-0.1, -0.05) is 54.6 Å². The number of halogens is 1. The molecule has 0 bridgehead atoms. The lowest BCUT2D eigenvalue weighted by molar-refractivity contribution is -0.146. The van der Waals surface area contributed by atoms with Crippen molar-refractivity contribution in [3.63, 3.8) is 0 Å². The number of carbonyl (C=O) groups is 3. The first-order valence-electron chi connectivity index (χ1n) is 9.16. The molecule has 0 heterocycles. The molecule has 0 atom stereocenters. The minimum atomic E-state index is -0.811. The van der Waals surface area contributed by atoms with E-state index in [2.05, 4.69) is 10.6 Å². The topological polar surface area (TPSA) is 84.5 Å². The molecule has 3 aromatic rings. The largest absolute Gasteiger partial charge is 0.454 e. The van der Waals surface area contributed by atoms with Crippen molar-refractivity contribution in [2.45, 2.75) is 0 Å². The van der Waals surface area contributed by atoms with E-state index in [0.717, 1.165) is 17.2 Å². The van der Waals surface area contributed by atoms with Gasteiger partial charge in [-0.2, -0.15) is 0 Å². The molecule has 7 heteroatoms. The van der Waals surface area contributed by atoms with Gasteiger partial charge in [0.1, 0.15) is 12.4 Å². The van der Waals surface area contributed by atoms with Crippen LogP contribution in [0.15, 0.2) is 78.9 Å². The zero-order valence-corrected chi connectivity index (χ0v) is 15.9. The minimum absolute atomic E-state index is 0.179. The smallest absolute Gasteiger partial charge is 0.325 e. The fraction of sp³-hybridized carbons (Fsp3) is 0.0870. The van der Waals surface area contributed by atoms with E-state index in [0.29, 0.717) is 5.69 Å². The molecule has 0 aliphatic rings. The Kier molecular flexibility index (Phi) is 6.89. The zero-order valence-electron chi connectivity index (χ0n) is 15.9. The van der Waals surface area contributed by atoms with Crippen LogP contribution in [-0.2, 0) is 14.3 Å². The number of ether oxygens (including phenoxy) is 1. The van der Waals surface area contributed by atoms with Crippen LogP contribution in [0, 0.1) is 5.82 Å². The van der Waals surface area contributed by atoms with Crippen LogP contribution in [0.4, 0.5) is 10.1 Å². The molecule has 0 aliphatic heterocycles. The van der Waals surface area contributed by atoms with Gasteiger partial charge in [-0.3, -0.25) is 14.4 Å². The minimum Gasteiger partial charge on any atom is -0.454 e. The third kappa shape index (κ3) is 5.75. The monoisotopic (exact) mass is 406 g/mol.